The second-order valence-electron chi connectivity index (χ2n) is 6.51. The summed E-state index contributed by atoms with van der Waals surface area (Å²) in [6.45, 7) is 1.72. The first-order valence-corrected chi connectivity index (χ1v) is 9.01. The lowest BCUT2D eigenvalue weighted by Crippen LogP contribution is -2.38. The van der Waals surface area contributed by atoms with Crippen LogP contribution < -0.4 is 9.47 Å². The maximum absolute atomic E-state index is 12.3. The van der Waals surface area contributed by atoms with Crippen LogP contribution in [-0.4, -0.2) is 35.7 Å². The number of amides is 1. The molecule has 30 heavy (non-hydrogen) atoms. The fourth-order valence-electron chi connectivity index (χ4n) is 2.89. The fraction of sp³-hybridized carbons (Fsp3) is 0.0909. The van der Waals surface area contributed by atoms with Crippen molar-refractivity contribution in [2.75, 3.05) is 7.11 Å². The van der Waals surface area contributed by atoms with Crippen molar-refractivity contribution in [2.24, 2.45) is 4.99 Å². The largest absolute Gasteiger partial charge is 0.497 e. The van der Waals surface area contributed by atoms with Gasteiger partial charge in [-0.3, -0.25) is 10.2 Å². The van der Waals surface area contributed by atoms with E-state index in [1.54, 1.807) is 68.6 Å². The first-order chi connectivity index (χ1) is 14.4. The summed E-state index contributed by atoms with van der Waals surface area (Å²) < 4.78 is 10.4. The molecule has 2 aromatic carbocycles. The molecule has 0 radical (unpaired) electrons. The number of hydroxylamine groups is 2. The number of hydrogen-bond donors (Lipinski definition) is 1. The first-order valence-electron chi connectivity index (χ1n) is 9.01. The van der Waals surface area contributed by atoms with E-state index in [0.29, 0.717) is 34.2 Å². The minimum atomic E-state index is -0.518. The first kappa shape index (κ1) is 19.1. The average Bonchev–Trinajstić information content (AvgIpc) is 3.12. The van der Waals surface area contributed by atoms with Gasteiger partial charge in [-0.15, -0.1) is 5.06 Å². The molecule has 150 valence electrons. The Morgan fingerprint density at radius 2 is 1.77 bits per heavy atom. The van der Waals surface area contributed by atoms with Crippen LogP contribution in [0.4, 0.5) is 0 Å². The number of nitrogens with zero attached hydrogens (tertiary/aromatic N) is 2. The molecule has 0 atom stereocenters. The number of carbonyl (C=O) groups is 2. The predicted molar refractivity (Wildman–Crippen MR) is 109 cm³/mol. The molecule has 2 aliphatic heterocycles. The molecule has 0 aromatic heterocycles. The molecular weight excluding hydrogens is 386 g/mol. The second-order valence-corrected chi connectivity index (χ2v) is 6.51. The molecule has 0 unspecified atom stereocenters. The number of methoxy groups -OCH3 is 1. The molecule has 1 amide bonds. The molecule has 4 rings (SSSR count). The van der Waals surface area contributed by atoms with Crippen LogP contribution in [0.1, 0.15) is 22.8 Å². The Morgan fingerprint density at radius 1 is 1.10 bits per heavy atom. The van der Waals surface area contributed by atoms with Gasteiger partial charge in [0.25, 0.3) is 5.91 Å². The van der Waals surface area contributed by atoms with Gasteiger partial charge in [0.1, 0.15) is 17.3 Å². The molecule has 0 bridgehead atoms. The highest BCUT2D eigenvalue weighted by molar-refractivity contribution is 6.32. The summed E-state index contributed by atoms with van der Waals surface area (Å²) in [4.78, 5) is 33.9. The molecule has 2 aromatic rings. The number of nitrogens with one attached hydrogen (secondary N) is 1. The van der Waals surface area contributed by atoms with E-state index in [1.165, 1.54) is 11.1 Å². The Morgan fingerprint density at radius 3 is 2.43 bits per heavy atom. The number of ether oxygens (including phenoxy) is 2. The zero-order valence-corrected chi connectivity index (χ0v) is 16.2. The van der Waals surface area contributed by atoms with Gasteiger partial charge in [0.05, 0.1) is 18.2 Å². The summed E-state index contributed by atoms with van der Waals surface area (Å²) in [5.41, 5.74) is 1.14. The predicted octanol–water partition coefficient (Wildman–Crippen LogP) is 3.36. The Labute approximate surface area is 172 Å². The zero-order chi connectivity index (χ0) is 21.3. The lowest BCUT2D eigenvalue weighted by molar-refractivity contribution is -0.114. The van der Waals surface area contributed by atoms with Crippen molar-refractivity contribution in [3.8, 4) is 11.5 Å². The summed E-state index contributed by atoms with van der Waals surface area (Å²) in [7, 11) is 1.55. The van der Waals surface area contributed by atoms with Crippen molar-refractivity contribution in [2.45, 2.75) is 6.92 Å². The van der Waals surface area contributed by atoms with Gasteiger partial charge in [-0.05, 0) is 55.0 Å². The van der Waals surface area contributed by atoms with Gasteiger partial charge in [0, 0.05) is 6.08 Å². The minimum Gasteiger partial charge on any atom is -0.497 e. The van der Waals surface area contributed by atoms with Gasteiger partial charge >= 0.3 is 5.97 Å². The van der Waals surface area contributed by atoms with Crippen molar-refractivity contribution in [3.05, 3.63) is 77.1 Å². The standard InChI is InChI=1S/C22H17N3O5/c1-13-11-19-24-21(26)18(20(23)25(19)30-13)12-14-3-7-17(8-4-14)29-22(27)15-5-9-16(28-2)10-6-15/h3-12,23H,1-2H3/b18-12-,23-20?. The quantitative estimate of drug-likeness (QED) is 0.477. The third kappa shape index (κ3) is 3.70. The highest BCUT2D eigenvalue weighted by Crippen LogP contribution is 2.24. The van der Waals surface area contributed by atoms with Crippen molar-refractivity contribution < 1.29 is 23.9 Å². The normalized spacial score (nSPS) is 16.6. The van der Waals surface area contributed by atoms with Gasteiger partial charge in [-0.1, -0.05) is 12.1 Å². The summed E-state index contributed by atoms with van der Waals surface area (Å²) in [5, 5.41) is 9.42. The molecule has 0 saturated heterocycles. The molecule has 8 nitrogen and oxygen atoms in total. The lowest BCUT2D eigenvalue weighted by atomic mass is 10.1. The van der Waals surface area contributed by atoms with Crippen LogP contribution in [0, 0.1) is 5.41 Å². The van der Waals surface area contributed by atoms with E-state index in [9.17, 15) is 9.59 Å². The summed E-state index contributed by atoms with van der Waals surface area (Å²) in [6.07, 6.45) is 3.13. The minimum absolute atomic E-state index is 0.0897. The Balaban J connectivity index is 1.48. The molecule has 0 saturated carbocycles. The third-order valence-corrected chi connectivity index (χ3v) is 4.41. The van der Waals surface area contributed by atoms with Crippen molar-refractivity contribution in [1.82, 2.24) is 5.06 Å². The lowest BCUT2D eigenvalue weighted by Gasteiger charge is -2.22. The molecule has 2 heterocycles. The topological polar surface area (TPSA) is 101 Å². The number of fused-ring (bicyclic) bond motifs is 1. The molecule has 0 fully saturated rings. The number of hydrogen-bond acceptors (Lipinski definition) is 6. The molecule has 8 heteroatoms. The van der Waals surface area contributed by atoms with E-state index in [-0.39, 0.29) is 11.4 Å². The maximum atomic E-state index is 12.3. The number of benzene rings is 2. The van der Waals surface area contributed by atoms with Crippen LogP contribution >= 0.6 is 0 Å². The summed E-state index contributed by atoms with van der Waals surface area (Å²) in [5.74, 6) is 0.739. The van der Waals surface area contributed by atoms with E-state index in [2.05, 4.69) is 4.99 Å². The number of aliphatic imine (C=N–C) groups is 1. The average molecular weight is 403 g/mol. The zero-order valence-electron chi connectivity index (χ0n) is 16.2. The van der Waals surface area contributed by atoms with Crippen molar-refractivity contribution in [1.29, 1.82) is 5.41 Å². The highest BCUT2D eigenvalue weighted by Gasteiger charge is 2.34. The van der Waals surface area contributed by atoms with E-state index < -0.39 is 11.9 Å². The number of rotatable bonds is 4. The number of allylic oxidation sites excluding steroid dienone is 1. The second kappa shape index (κ2) is 7.67. The van der Waals surface area contributed by atoms with Gasteiger partial charge in [0.15, 0.2) is 11.7 Å². The third-order valence-electron chi connectivity index (χ3n) is 4.41. The van der Waals surface area contributed by atoms with Crippen molar-refractivity contribution in [3.63, 3.8) is 0 Å². The number of carbonyl (C=O) groups excluding carboxylic acids is 2. The SMILES string of the molecule is COc1ccc(C(=O)Oc2ccc(/C=C3/C(=N)N4OC(C)=CC4=NC3=O)cc2)cc1. The maximum Gasteiger partial charge on any atom is 0.343 e. The Kier molecular flexibility index (Phi) is 4.89. The van der Waals surface area contributed by atoms with Crippen molar-refractivity contribution >= 4 is 29.6 Å². The smallest absolute Gasteiger partial charge is 0.343 e. The van der Waals surface area contributed by atoms with Gasteiger partial charge in [0.2, 0.25) is 0 Å². The van der Waals surface area contributed by atoms with E-state index in [4.69, 9.17) is 19.7 Å². The summed E-state index contributed by atoms with van der Waals surface area (Å²) >= 11 is 0. The highest BCUT2D eigenvalue weighted by atomic mass is 16.7. The monoisotopic (exact) mass is 403 g/mol. The fourth-order valence-corrected chi connectivity index (χ4v) is 2.89. The molecule has 0 spiro atoms. The van der Waals surface area contributed by atoms with Gasteiger partial charge in [-0.25, -0.2) is 4.79 Å². The molecule has 2 aliphatic rings. The van der Waals surface area contributed by atoms with E-state index in [0.717, 1.165) is 0 Å². The summed E-state index contributed by atoms with van der Waals surface area (Å²) in [6, 6.07) is 13.2. The molecular formula is C22H17N3O5. The van der Waals surface area contributed by atoms with Gasteiger partial charge in [-0.2, -0.15) is 4.99 Å². The van der Waals surface area contributed by atoms with E-state index >= 15 is 0 Å². The van der Waals surface area contributed by atoms with Crippen LogP contribution in [0.2, 0.25) is 0 Å². The Hall–Kier alpha value is -4.20. The molecule has 1 N–H and O–H groups in total. The Bertz CT molecular complexity index is 1130. The van der Waals surface area contributed by atoms with Crippen LogP contribution in [0.3, 0.4) is 0 Å². The number of esters is 1. The van der Waals surface area contributed by atoms with Gasteiger partial charge < -0.3 is 14.3 Å². The van der Waals surface area contributed by atoms with E-state index in [1.807, 2.05) is 0 Å². The van der Waals surface area contributed by atoms with Crippen LogP contribution in [-0.2, 0) is 9.63 Å². The van der Waals surface area contributed by atoms with Crippen LogP contribution in [0.15, 0.2) is 70.9 Å². The molecule has 0 aliphatic carbocycles. The number of amidine groups is 2. The van der Waals surface area contributed by atoms with Crippen LogP contribution in [0.5, 0.6) is 11.5 Å². The van der Waals surface area contributed by atoms with Crippen LogP contribution in [0.25, 0.3) is 6.08 Å².